The Kier molecular flexibility index (Phi) is 9.14. The Morgan fingerprint density at radius 1 is 1.11 bits per heavy atom. The van der Waals surface area contributed by atoms with E-state index in [1.165, 1.54) is 22.1 Å². The number of nitrogen functional groups attached to an aromatic ring is 1. The molecular formula is C17H29N5O5. The van der Waals surface area contributed by atoms with Crippen LogP contribution in [0.1, 0.15) is 19.3 Å². The average molecular weight is 383 g/mol. The Morgan fingerprint density at radius 2 is 1.63 bits per heavy atom. The van der Waals surface area contributed by atoms with Gasteiger partial charge in [-0.25, -0.2) is 19.5 Å². The second-order valence-corrected chi connectivity index (χ2v) is 6.37. The van der Waals surface area contributed by atoms with E-state index in [0.29, 0.717) is 0 Å². The molecule has 27 heavy (non-hydrogen) atoms. The predicted octanol–water partition coefficient (Wildman–Crippen LogP) is 1.52. The zero-order valence-electron chi connectivity index (χ0n) is 16.3. The quantitative estimate of drug-likeness (QED) is 0.754. The van der Waals surface area contributed by atoms with Crippen molar-refractivity contribution in [2.24, 2.45) is 0 Å². The Morgan fingerprint density at radius 3 is 2.00 bits per heavy atom. The summed E-state index contributed by atoms with van der Waals surface area (Å²) in [5, 5.41) is 8.73. The molecule has 2 amide bonds. The van der Waals surface area contributed by atoms with Gasteiger partial charge in [-0.1, -0.05) is 6.42 Å². The molecule has 0 radical (unpaired) electrons. The van der Waals surface area contributed by atoms with Crippen molar-refractivity contribution in [3.63, 3.8) is 0 Å². The van der Waals surface area contributed by atoms with Crippen LogP contribution in [0.3, 0.4) is 0 Å². The van der Waals surface area contributed by atoms with Gasteiger partial charge in [-0.15, -0.1) is 0 Å². The van der Waals surface area contributed by atoms with E-state index in [-0.39, 0.29) is 11.6 Å². The molecule has 0 bridgehead atoms. The number of aromatic nitrogens is 1. The molecule has 2 heterocycles. The minimum absolute atomic E-state index is 0.0347. The lowest BCUT2D eigenvalue weighted by atomic mass is 10.1. The topological polar surface area (TPSA) is 121 Å². The third-order valence-corrected chi connectivity index (χ3v) is 3.64. The lowest BCUT2D eigenvalue weighted by molar-refractivity contribution is -0.170. The molecule has 2 rings (SSSR count). The first-order valence-corrected chi connectivity index (χ1v) is 8.61. The van der Waals surface area contributed by atoms with E-state index in [1.807, 2.05) is 4.90 Å². The second kappa shape index (κ2) is 11.1. The van der Waals surface area contributed by atoms with Crippen LogP contribution in [-0.2, 0) is 9.47 Å². The summed E-state index contributed by atoms with van der Waals surface area (Å²) in [4.78, 5) is 31.3. The van der Waals surface area contributed by atoms with Crippen LogP contribution >= 0.6 is 0 Å². The number of likely N-dealkylation sites (tertiary alicyclic amines) is 1. The highest BCUT2D eigenvalue weighted by Crippen LogP contribution is 2.15. The van der Waals surface area contributed by atoms with Gasteiger partial charge in [0, 0.05) is 47.5 Å². The van der Waals surface area contributed by atoms with Crippen molar-refractivity contribution in [3.8, 4) is 5.75 Å². The van der Waals surface area contributed by atoms with E-state index in [0.717, 1.165) is 32.4 Å². The molecular weight excluding hydrogens is 354 g/mol. The van der Waals surface area contributed by atoms with Gasteiger partial charge >= 0.3 is 18.6 Å². The van der Waals surface area contributed by atoms with E-state index in [2.05, 4.69) is 4.98 Å². The molecule has 1 aromatic heterocycles. The van der Waals surface area contributed by atoms with Gasteiger partial charge < -0.3 is 30.1 Å². The summed E-state index contributed by atoms with van der Waals surface area (Å²) >= 11 is 0. The molecule has 0 aromatic carbocycles. The molecule has 0 aliphatic carbocycles. The second-order valence-electron chi connectivity index (χ2n) is 6.37. The highest BCUT2D eigenvalue weighted by Gasteiger charge is 2.28. The van der Waals surface area contributed by atoms with Crippen molar-refractivity contribution in [1.82, 2.24) is 19.7 Å². The molecule has 10 heteroatoms. The highest BCUT2D eigenvalue weighted by molar-refractivity contribution is 5.68. The molecule has 152 valence electrons. The van der Waals surface area contributed by atoms with Crippen LogP contribution < -0.4 is 5.73 Å². The van der Waals surface area contributed by atoms with Crippen LogP contribution in [0.2, 0.25) is 0 Å². The molecule has 1 saturated heterocycles. The molecule has 10 nitrogen and oxygen atoms in total. The van der Waals surface area contributed by atoms with Crippen LogP contribution in [-0.4, -0.2) is 84.7 Å². The zero-order valence-corrected chi connectivity index (χ0v) is 16.3. The van der Waals surface area contributed by atoms with Crippen LogP contribution in [0.15, 0.2) is 18.3 Å². The third kappa shape index (κ3) is 7.99. The first-order chi connectivity index (χ1) is 12.7. The number of rotatable bonds is 3. The summed E-state index contributed by atoms with van der Waals surface area (Å²) < 4.78 is 10.4. The van der Waals surface area contributed by atoms with Crippen molar-refractivity contribution in [1.29, 1.82) is 0 Å². The van der Waals surface area contributed by atoms with Crippen LogP contribution in [0.5, 0.6) is 5.75 Å². The van der Waals surface area contributed by atoms with Gasteiger partial charge in [-0.2, -0.15) is 0 Å². The van der Waals surface area contributed by atoms with E-state index < -0.39 is 18.6 Å². The summed E-state index contributed by atoms with van der Waals surface area (Å²) in [5.41, 5.74) is 5.16. The molecule has 1 aliphatic heterocycles. The maximum atomic E-state index is 11.6. The van der Waals surface area contributed by atoms with Crippen molar-refractivity contribution < 1.29 is 24.2 Å². The summed E-state index contributed by atoms with van der Waals surface area (Å²) in [7, 11) is 6.35. The largest absolute Gasteiger partial charge is 0.504 e. The standard InChI is InChI=1S/C12H23N3O4.C5H6N2O/c1-13(2)10(16)18-12(19-11(17)14(3)4)15-8-6-5-7-9-15;6-5-4(8)2-1-3-7-5/h12H,5-9H2,1-4H3;1-3,8H,(H2,6,7). The third-order valence-electron chi connectivity index (χ3n) is 3.64. The summed E-state index contributed by atoms with van der Waals surface area (Å²) in [6, 6.07) is 3.11. The molecule has 1 fully saturated rings. The summed E-state index contributed by atoms with van der Waals surface area (Å²) in [6.45, 7) is 1.51. The Bertz CT molecular complexity index is 562. The molecule has 1 aromatic rings. The van der Waals surface area contributed by atoms with Gasteiger partial charge in [0.1, 0.15) is 0 Å². The SMILES string of the molecule is CN(C)C(=O)OC(OC(=O)N(C)C)N1CCCCC1.Nc1ncccc1O. The average Bonchev–Trinajstić information content (AvgIpc) is 2.64. The van der Waals surface area contributed by atoms with E-state index in [9.17, 15) is 9.59 Å². The number of anilines is 1. The fraction of sp³-hybridized carbons (Fsp3) is 0.588. The minimum atomic E-state index is -0.954. The van der Waals surface area contributed by atoms with Crippen molar-refractivity contribution in [3.05, 3.63) is 18.3 Å². The van der Waals surface area contributed by atoms with Gasteiger partial charge in [0.05, 0.1) is 0 Å². The smallest absolute Gasteiger partial charge is 0.413 e. The predicted molar refractivity (Wildman–Crippen MR) is 99.9 cm³/mol. The van der Waals surface area contributed by atoms with Crippen molar-refractivity contribution in [2.45, 2.75) is 25.7 Å². The molecule has 0 spiro atoms. The summed E-state index contributed by atoms with van der Waals surface area (Å²) in [5.74, 6) is 0.208. The molecule has 0 saturated carbocycles. The Labute approximate surface area is 159 Å². The Hall–Kier alpha value is -2.75. The zero-order chi connectivity index (χ0) is 20.4. The van der Waals surface area contributed by atoms with Gasteiger partial charge in [-0.3, -0.25) is 0 Å². The van der Waals surface area contributed by atoms with Crippen LogP contribution in [0, 0.1) is 0 Å². The van der Waals surface area contributed by atoms with E-state index in [1.54, 1.807) is 34.3 Å². The lowest BCUT2D eigenvalue weighted by Crippen LogP contribution is -2.47. The van der Waals surface area contributed by atoms with Gasteiger partial charge in [0.15, 0.2) is 11.6 Å². The minimum Gasteiger partial charge on any atom is -0.504 e. The number of piperidine rings is 1. The van der Waals surface area contributed by atoms with Crippen LogP contribution in [0.25, 0.3) is 0 Å². The number of pyridine rings is 1. The Balaban J connectivity index is 0.000000377. The number of aromatic hydroxyl groups is 1. The summed E-state index contributed by atoms with van der Waals surface area (Å²) in [6.07, 6.45) is 2.68. The van der Waals surface area contributed by atoms with Gasteiger partial charge in [-0.05, 0) is 25.0 Å². The monoisotopic (exact) mass is 383 g/mol. The van der Waals surface area contributed by atoms with Crippen molar-refractivity contribution in [2.75, 3.05) is 47.0 Å². The number of hydrogen-bond acceptors (Lipinski definition) is 8. The fourth-order valence-electron chi connectivity index (χ4n) is 2.09. The molecule has 0 unspecified atom stereocenters. The number of hydrogen-bond donors (Lipinski definition) is 2. The first-order valence-electron chi connectivity index (χ1n) is 8.61. The van der Waals surface area contributed by atoms with E-state index in [4.69, 9.17) is 20.3 Å². The number of nitrogens with zero attached hydrogens (tertiary/aromatic N) is 4. The number of ether oxygens (including phenoxy) is 2. The molecule has 3 N–H and O–H groups in total. The van der Waals surface area contributed by atoms with Gasteiger partial charge in [0.25, 0.3) is 0 Å². The normalized spacial score (nSPS) is 14.0. The number of amides is 2. The number of carbonyl (C=O) groups is 2. The first kappa shape index (κ1) is 22.3. The lowest BCUT2D eigenvalue weighted by Gasteiger charge is -2.33. The fourth-order valence-corrected chi connectivity index (χ4v) is 2.09. The molecule has 1 aliphatic rings. The number of nitrogens with two attached hydrogens (primary N) is 1. The van der Waals surface area contributed by atoms with Crippen molar-refractivity contribution >= 4 is 18.0 Å². The van der Waals surface area contributed by atoms with E-state index >= 15 is 0 Å². The van der Waals surface area contributed by atoms with Crippen LogP contribution in [0.4, 0.5) is 15.4 Å². The maximum absolute atomic E-state index is 11.6. The van der Waals surface area contributed by atoms with Gasteiger partial charge in [0.2, 0.25) is 0 Å². The number of carbonyl (C=O) groups excluding carboxylic acids is 2. The highest BCUT2D eigenvalue weighted by atomic mass is 16.7. The molecule has 0 atom stereocenters. The maximum Gasteiger partial charge on any atom is 0.413 e.